The molecule has 0 aliphatic heterocycles. The lowest BCUT2D eigenvalue weighted by Gasteiger charge is -2.21. The van der Waals surface area contributed by atoms with Crippen LogP contribution in [0.5, 0.6) is 5.75 Å². The van der Waals surface area contributed by atoms with Gasteiger partial charge in [-0.2, -0.15) is 0 Å². The van der Waals surface area contributed by atoms with Gasteiger partial charge in [0.15, 0.2) is 0 Å². The summed E-state index contributed by atoms with van der Waals surface area (Å²) in [6.07, 6.45) is 4.80. The molecule has 1 unspecified atom stereocenters. The smallest absolute Gasteiger partial charge is 0.130 e. The van der Waals surface area contributed by atoms with E-state index in [1.54, 1.807) is 0 Å². The lowest BCUT2D eigenvalue weighted by molar-refractivity contribution is 0.311. The van der Waals surface area contributed by atoms with Crippen LogP contribution >= 0.6 is 0 Å². The molecule has 0 radical (unpaired) electrons. The van der Waals surface area contributed by atoms with E-state index < -0.39 is 0 Å². The van der Waals surface area contributed by atoms with Crippen molar-refractivity contribution < 1.29 is 4.74 Å². The molecule has 1 aromatic carbocycles. The van der Waals surface area contributed by atoms with Gasteiger partial charge in [0.05, 0.1) is 12.6 Å². The Bertz CT molecular complexity index is 536. The summed E-state index contributed by atoms with van der Waals surface area (Å²) in [4.78, 5) is 4.48. The van der Waals surface area contributed by atoms with Crippen LogP contribution in [0.3, 0.4) is 0 Å². The van der Waals surface area contributed by atoms with E-state index in [0.29, 0.717) is 0 Å². The van der Waals surface area contributed by atoms with Gasteiger partial charge in [-0.1, -0.05) is 32.0 Å². The van der Waals surface area contributed by atoms with E-state index in [9.17, 15) is 0 Å². The number of hydrogen-bond donors (Lipinski definition) is 1. The Balaban J connectivity index is 2.36. The second kappa shape index (κ2) is 7.10. The molecule has 4 nitrogen and oxygen atoms in total. The highest BCUT2D eigenvalue weighted by Gasteiger charge is 2.20. The number of benzene rings is 1. The topological polar surface area (TPSA) is 39.1 Å². The van der Waals surface area contributed by atoms with Crippen LogP contribution in [-0.2, 0) is 7.05 Å². The lowest BCUT2D eigenvalue weighted by Crippen LogP contribution is -2.25. The second-order valence-electron chi connectivity index (χ2n) is 4.77. The molecular weight excluding hydrogens is 250 g/mol. The van der Waals surface area contributed by atoms with Crippen LogP contribution in [0.1, 0.15) is 37.7 Å². The fourth-order valence-corrected chi connectivity index (χ4v) is 2.26. The average molecular weight is 273 g/mol. The molecule has 0 saturated carbocycles. The Hall–Kier alpha value is -1.81. The summed E-state index contributed by atoms with van der Waals surface area (Å²) in [6, 6.07) is 8.23. The minimum Gasteiger partial charge on any atom is -0.493 e. The SMILES string of the molecule is CCCOc1ccccc1C(NCC)c1nccn1C. The Morgan fingerprint density at radius 3 is 2.75 bits per heavy atom. The van der Waals surface area contributed by atoms with Crippen molar-refractivity contribution in [2.75, 3.05) is 13.2 Å². The summed E-state index contributed by atoms with van der Waals surface area (Å²) in [5, 5.41) is 3.50. The number of imidazole rings is 1. The second-order valence-corrected chi connectivity index (χ2v) is 4.77. The van der Waals surface area contributed by atoms with Crippen LogP contribution in [0.2, 0.25) is 0 Å². The number of para-hydroxylation sites is 1. The Morgan fingerprint density at radius 2 is 2.10 bits per heavy atom. The number of rotatable bonds is 7. The molecule has 0 saturated heterocycles. The molecule has 1 aromatic heterocycles. The van der Waals surface area contributed by atoms with Crippen molar-refractivity contribution in [3.05, 3.63) is 48.0 Å². The third kappa shape index (κ3) is 3.20. The number of aromatic nitrogens is 2. The van der Waals surface area contributed by atoms with Crippen LogP contribution in [0, 0.1) is 0 Å². The van der Waals surface area contributed by atoms with Crippen LogP contribution in [-0.4, -0.2) is 22.7 Å². The number of nitrogens with one attached hydrogen (secondary N) is 1. The van der Waals surface area contributed by atoms with E-state index in [0.717, 1.165) is 36.7 Å². The fraction of sp³-hybridized carbons (Fsp3) is 0.438. The molecule has 2 aromatic rings. The summed E-state index contributed by atoms with van der Waals surface area (Å²) in [7, 11) is 2.02. The van der Waals surface area contributed by atoms with E-state index in [-0.39, 0.29) is 6.04 Å². The minimum atomic E-state index is 0.0491. The van der Waals surface area contributed by atoms with Gasteiger partial charge in [0, 0.05) is 25.0 Å². The van der Waals surface area contributed by atoms with E-state index >= 15 is 0 Å². The van der Waals surface area contributed by atoms with Gasteiger partial charge in [-0.05, 0) is 19.0 Å². The summed E-state index contributed by atoms with van der Waals surface area (Å²) in [5.74, 6) is 1.93. The molecule has 4 heteroatoms. The predicted octanol–water partition coefficient (Wildman–Crippen LogP) is 2.91. The maximum atomic E-state index is 5.87. The quantitative estimate of drug-likeness (QED) is 0.843. The molecule has 0 aliphatic carbocycles. The summed E-state index contributed by atoms with van der Waals surface area (Å²) < 4.78 is 7.92. The van der Waals surface area contributed by atoms with Crippen molar-refractivity contribution >= 4 is 0 Å². The highest BCUT2D eigenvalue weighted by atomic mass is 16.5. The van der Waals surface area contributed by atoms with Gasteiger partial charge >= 0.3 is 0 Å². The van der Waals surface area contributed by atoms with Gasteiger partial charge in [0.2, 0.25) is 0 Å². The number of ether oxygens (including phenoxy) is 1. The van der Waals surface area contributed by atoms with Gasteiger partial charge < -0.3 is 14.6 Å². The van der Waals surface area contributed by atoms with Gasteiger partial charge in [-0.15, -0.1) is 0 Å². The maximum Gasteiger partial charge on any atom is 0.130 e. The number of hydrogen-bond acceptors (Lipinski definition) is 3. The van der Waals surface area contributed by atoms with Crippen molar-refractivity contribution in [1.82, 2.24) is 14.9 Å². The van der Waals surface area contributed by atoms with E-state index in [1.807, 2.05) is 42.2 Å². The van der Waals surface area contributed by atoms with Crippen molar-refractivity contribution in [2.45, 2.75) is 26.3 Å². The highest BCUT2D eigenvalue weighted by Crippen LogP contribution is 2.29. The minimum absolute atomic E-state index is 0.0491. The van der Waals surface area contributed by atoms with Gasteiger partial charge in [0.25, 0.3) is 0 Å². The van der Waals surface area contributed by atoms with Gasteiger partial charge in [-0.3, -0.25) is 0 Å². The van der Waals surface area contributed by atoms with Gasteiger partial charge in [0.1, 0.15) is 11.6 Å². The van der Waals surface area contributed by atoms with Crippen LogP contribution in [0.25, 0.3) is 0 Å². The normalized spacial score (nSPS) is 12.3. The van der Waals surface area contributed by atoms with E-state index in [4.69, 9.17) is 4.74 Å². The zero-order valence-electron chi connectivity index (χ0n) is 12.5. The average Bonchev–Trinajstić information content (AvgIpc) is 2.89. The first-order chi connectivity index (χ1) is 9.77. The Labute approximate surface area is 120 Å². The molecule has 0 fully saturated rings. The molecule has 0 spiro atoms. The molecule has 108 valence electrons. The molecule has 1 heterocycles. The molecule has 1 N–H and O–H groups in total. The zero-order chi connectivity index (χ0) is 14.4. The third-order valence-electron chi connectivity index (χ3n) is 3.22. The predicted molar refractivity (Wildman–Crippen MR) is 81.0 cm³/mol. The van der Waals surface area contributed by atoms with E-state index in [1.165, 1.54) is 0 Å². The Morgan fingerprint density at radius 1 is 1.30 bits per heavy atom. The fourth-order valence-electron chi connectivity index (χ4n) is 2.26. The van der Waals surface area contributed by atoms with Crippen molar-refractivity contribution in [2.24, 2.45) is 7.05 Å². The standard InChI is InChI=1S/C16H23N3O/c1-4-12-20-14-9-7-6-8-13(14)15(17-5-2)16-18-10-11-19(16)3/h6-11,15,17H,4-5,12H2,1-3H3. The first kappa shape index (κ1) is 14.6. The van der Waals surface area contributed by atoms with Crippen molar-refractivity contribution in [3.63, 3.8) is 0 Å². The lowest BCUT2D eigenvalue weighted by atomic mass is 10.0. The largest absolute Gasteiger partial charge is 0.493 e. The molecule has 0 aliphatic rings. The zero-order valence-corrected chi connectivity index (χ0v) is 12.5. The maximum absolute atomic E-state index is 5.87. The molecule has 0 bridgehead atoms. The number of nitrogens with zero attached hydrogens (tertiary/aromatic N) is 2. The van der Waals surface area contributed by atoms with Crippen LogP contribution < -0.4 is 10.1 Å². The van der Waals surface area contributed by atoms with Crippen LogP contribution in [0.15, 0.2) is 36.7 Å². The molecule has 0 amide bonds. The number of aryl methyl sites for hydroxylation is 1. The van der Waals surface area contributed by atoms with Gasteiger partial charge in [-0.25, -0.2) is 4.98 Å². The highest BCUT2D eigenvalue weighted by molar-refractivity contribution is 5.39. The molecule has 20 heavy (non-hydrogen) atoms. The molecule has 2 rings (SSSR count). The Kier molecular flexibility index (Phi) is 5.18. The van der Waals surface area contributed by atoms with Crippen LogP contribution in [0.4, 0.5) is 0 Å². The van der Waals surface area contributed by atoms with E-state index in [2.05, 4.69) is 30.2 Å². The first-order valence-electron chi connectivity index (χ1n) is 7.20. The summed E-state index contributed by atoms with van der Waals surface area (Å²) in [5.41, 5.74) is 1.14. The summed E-state index contributed by atoms with van der Waals surface area (Å²) in [6.45, 7) is 5.82. The summed E-state index contributed by atoms with van der Waals surface area (Å²) >= 11 is 0. The van der Waals surface area contributed by atoms with Crippen molar-refractivity contribution in [3.8, 4) is 5.75 Å². The van der Waals surface area contributed by atoms with Crippen molar-refractivity contribution in [1.29, 1.82) is 0 Å². The first-order valence-corrected chi connectivity index (χ1v) is 7.20. The third-order valence-corrected chi connectivity index (χ3v) is 3.22. The molecular formula is C16H23N3O. The monoisotopic (exact) mass is 273 g/mol. The molecule has 1 atom stereocenters.